The lowest BCUT2D eigenvalue weighted by Gasteiger charge is -2.21. The molecule has 6 nitrogen and oxygen atoms in total. The van der Waals surface area contributed by atoms with Crippen LogP contribution in [0.5, 0.6) is 11.5 Å². The number of fused-ring (bicyclic) bond motifs is 1. The lowest BCUT2D eigenvalue weighted by Crippen LogP contribution is -2.26. The summed E-state index contributed by atoms with van der Waals surface area (Å²) in [5.41, 5.74) is 1.45. The number of amides is 1. The van der Waals surface area contributed by atoms with Gasteiger partial charge in [0.05, 0.1) is 5.92 Å². The molecular weight excluding hydrogens is 346 g/mol. The molecule has 2 aromatic rings. The summed E-state index contributed by atoms with van der Waals surface area (Å²) in [6.45, 7) is 3.86. The van der Waals surface area contributed by atoms with E-state index in [9.17, 15) is 9.59 Å². The van der Waals surface area contributed by atoms with Crippen LogP contribution < -0.4 is 14.8 Å². The van der Waals surface area contributed by atoms with E-state index in [1.54, 1.807) is 18.2 Å². The van der Waals surface area contributed by atoms with Gasteiger partial charge in [-0.1, -0.05) is 50.6 Å². The number of carbonyl (C=O) groups excluding carboxylic acids is 2. The van der Waals surface area contributed by atoms with Crippen molar-refractivity contribution in [3.63, 3.8) is 0 Å². The highest BCUT2D eigenvalue weighted by atomic mass is 16.7. The Morgan fingerprint density at radius 2 is 1.85 bits per heavy atom. The average molecular weight is 369 g/mol. The number of hydrogen-bond acceptors (Lipinski definition) is 5. The van der Waals surface area contributed by atoms with E-state index >= 15 is 0 Å². The summed E-state index contributed by atoms with van der Waals surface area (Å²) >= 11 is 0. The van der Waals surface area contributed by atoms with Gasteiger partial charge < -0.3 is 19.5 Å². The van der Waals surface area contributed by atoms with Crippen molar-refractivity contribution in [3.8, 4) is 11.5 Å². The van der Waals surface area contributed by atoms with Crippen LogP contribution in [0, 0.1) is 5.92 Å². The molecule has 0 bridgehead atoms. The van der Waals surface area contributed by atoms with Gasteiger partial charge in [-0.15, -0.1) is 0 Å². The van der Waals surface area contributed by atoms with Crippen molar-refractivity contribution in [1.82, 2.24) is 0 Å². The number of carbonyl (C=O) groups is 2. The van der Waals surface area contributed by atoms with E-state index in [2.05, 4.69) is 5.32 Å². The molecule has 0 fully saturated rings. The molecule has 0 aliphatic carbocycles. The van der Waals surface area contributed by atoms with Crippen LogP contribution >= 0.6 is 0 Å². The Morgan fingerprint density at radius 1 is 1.11 bits per heavy atom. The number of nitrogens with one attached hydrogen (secondary N) is 1. The fourth-order valence-corrected chi connectivity index (χ4v) is 2.99. The minimum atomic E-state index is -0.404. The Labute approximate surface area is 158 Å². The highest BCUT2D eigenvalue weighted by molar-refractivity contribution is 5.93. The molecule has 142 valence electrons. The predicted octanol–water partition coefficient (Wildman–Crippen LogP) is 3.73. The fraction of sp³-hybridized carbons (Fsp3) is 0.333. The van der Waals surface area contributed by atoms with Gasteiger partial charge in [0.1, 0.15) is 0 Å². The smallest absolute Gasteiger partial charge is 0.314 e. The maximum absolute atomic E-state index is 12.6. The normalized spacial score (nSPS) is 14.3. The zero-order valence-electron chi connectivity index (χ0n) is 15.4. The SMILES string of the molecule is CC[C@H](C)[C@@H](C(=O)OCC(=O)Nc1ccc2c(c1)OCO2)c1ccccc1. The molecule has 1 N–H and O–H groups in total. The molecule has 27 heavy (non-hydrogen) atoms. The van der Waals surface area contributed by atoms with Gasteiger partial charge in [0.2, 0.25) is 6.79 Å². The zero-order chi connectivity index (χ0) is 19.2. The van der Waals surface area contributed by atoms with Crippen molar-refractivity contribution in [2.75, 3.05) is 18.7 Å². The van der Waals surface area contributed by atoms with Crippen LogP contribution in [0.2, 0.25) is 0 Å². The summed E-state index contributed by atoms with van der Waals surface area (Å²) in [5, 5.41) is 2.70. The van der Waals surface area contributed by atoms with E-state index in [4.69, 9.17) is 14.2 Å². The average Bonchev–Trinajstić information content (AvgIpc) is 3.15. The second-order valence-electron chi connectivity index (χ2n) is 6.50. The van der Waals surface area contributed by atoms with Gasteiger partial charge in [-0.25, -0.2) is 0 Å². The molecule has 2 atom stereocenters. The van der Waals surface area contributed by atoms with Crippen LogP contribution in [0.25, 0.3) is 0 Å². The summed E-state index contributed by atoms with van der Waals surface area (Å²) in [4.78, 5) is 24.8. The van der Waals surface area contributed by atoms with Gasteiger partial charge in [0.25, 0.3) is 5.91 Å². The highest BCUT2D eigenvalue weighted by Crippen LogP contribution is 2.34. The molecule has 0 unspecified atom stereocenters. The molecule has 3 rings (SSSR count). The van der Waals surface area contributed by atoms with E-state index < -0.39 is 17.8 Å². The predicted molar refractivity (Wildman–Crippen MR) is 101 cm³/mol. The van der Waals surface area contributed by atoms with Crippen LogP contribution in [-0.2, 0) is 14.3 Å². The zero-order valence-corrected chi connectivity index (χ0v) is 15.4. The summed E-state index contributed by atoms with van der Waals surface area (Å²) in [7, 11) is 0. The van der Waals surface area contributed by atoms with Crippen LogP contribution in [0.15, 0.2) is 48.5 Å². The monoisotopic (exact) mass is 369 g/mol. The molecule has 1 aliphatic rings. The van der Waals surface area contributed by atoms with E-state index in [1.807, 2.05) is 44.2 Å². The summed E-state index contributed by atoms with van der Waals surface area (Å²) < 4.78 is 15.8. The Bertz CT molecular complexity index is 805. The molecule has 1 heterocycles. The van der Waals surface area contributed by atoms with Gasteiger partial charge in [-0.05, 0) is 23.6 Å². The molecule has 1 aliphatic heterocycles. The van der Waals surface area contributed by atoms with Crippen LogP contribution in [0.4, 0.5) is 5.69 Å². The molecule has 0 spiro atoms. The van der Waals surface area contributed by atoms with Crippen molar-refractivity contribution in [3.05, 3.63) is 54.1 Å². The van der Waals surface area contributed by atoms with Gasteiger partial charge in [-0.2, -0.15) is 0 Å². The number of rotatable bonds is 7. The third-order valence-electron chi connectivity index (χ3n) is 4.63. The summed E-state index contributed by atoms with van der Waals surface area (Å²) in [6, 6.07) is 14.6. The first kappa shape index (κ1) is 18.8. The van der Waals surface area contributed by atoms with E-state index in [-0.39, 0.29) is 19.3 Å². The number of anilines is 1. The Kier molecular flexibility index (Phi) is 5.96. The Morgan fingerprint density at radius 3 is 2.59 bits per heavy atom. The van der Waals surface area contributed by atoms with Crippen molar-refractivity contribution in [1.29, 1.82) is 0 Å². The summed E-state index contributed by atoms with van der Waals surface area (Å²) in [5.74, 6) is 0.130. The molecule has 1 amide bonds. The molecule has 0 saturated carbocycles. The third-order valence-corrected chi connectivity index (χ3v) is 4.63. The Hall–Kier alpha value is -3.02. The number of esters is 1. The fourth-order valence-electron chi connectivity index (χ4n) is 2.99. The minimum absolute atomic E-state index is 0.108. The number of hydrogen-bond donors (Lipinski definition) is 1. The first-order valence-corrected chi connectivity index (χ1v) is 8.99. The first-order chi connectivity index (χ1) is 13.1. The number of ether oxygens (including phenoxy) is 3. The first-order valence-electron chi connectivity index (χ1n) is 8.99. The van der Waals surface area contributed by atoms with Gasteiger partial charge in [0, 0.05) is 11.8 Å². The van der Waals surface area contributed by atoms with Crippen LogP contribution in [-0.4, -0.2) is 25.3 Å². The Balaban J connectivity index is 1.59. The maximum atomic E-state index is 12.6. The lowest BCUT2D eigenvalue weighted by atomic mass is 9.86. The molecule has 6 heteroatoms. The largest absolute Gasteiger partial charge is 0.455 e. The van der Waals surface area contributed by atoms with E-state index in [0.717, 1.165) is 12.0 Å². The molecule has 0 radical (unpaired) electrons. The third kappa shape index (κ3) is 4.58. The van der Waals surface area contributed by atoms with Crippen molar-refractivity contribution in [2.45, 2.75) is 26.2 Å². The molecular formula is C21H23NO5. The van der Waals surface area contributed by atoms with Crippen molar-refractivity contribution in [2.24, 2.45) is 5.92 Å². The quantitative estimate of drug-likeness (QED) is 0.753. The van der Waals surface area contributed by atoms with Crippen LogP contribution in [0.3, 0.4) is 0 Å². The summed E-state index contributed by atoms with van der Waals surface area (Å²) in [6.07, 6.45) is 0.831. The maximum Gasteiger partial charge on any atom is 0.314 e. The molecule has 0 saturated heterocycles. The molecule has 2 aromatic carbocycles. The highest BCUT2D eigenvalue weighted by Gasteiger charge is 2.27. The second kappa shape index (κ2) is 8.58. The van der Waals surface area contributed by atoms with Crippen molar-refractivity contribution < 1.29 is 23.8 Å². The van der Waals surface area contributed by atoms with E-state index in [0.29, 0.717) is 17.2 Å². The topological polar surface area (TPSA) is 73.9 Å². The lowest BCUT2D eigenvalue weighted by molar-refractivity contribution is -0.150. The standard InChI is InChI=1S/C21H23NO5/c1-3-14(2)20(15-7-5-4-6-8-15)21(24)25-12-19(23)22-16-9-10-17-18(11-16)27-13-26-17/h4-11,14,20H,3,12-13H2,1-2H3,(H,22,23)/t14-,20+/m0/s1. The van der Waals surface area contributed by atoms with Gasteiger partial charge in [0.15, 0.2) is 18.1 Å². The van der Waals surface area contributed by atoms with Crippen molar-refractivity contribution >= 4 is 17.6 Å². The second-order valence-corrected chi connectivity index (χ2v) is 6.50. The van der Waals surface area contributed by atoms with Gasteiger partial charge >= 0.3 is 5.97 Å². The van der Waals surface area contributed by atoms with E-state index in [1.165, 1.54) is 0 Å². The van der Waals surface area contributed by atoms with Gasteiger partial charge in [-0.3, -0.25) is 9.59 Å². The number of benzene rings is 2. The minimum Gasteiger partial charge on any atom is -0.455 e. The molecule has 0 aromatic heterocycles. The van der Waals surface area contributed by atoms with Crippen LogP contribution in [0.1, 0.15) is 31.7 Å².